The van der Waals surface area contributed by atoms with Crippen LogP contribution in [0, 0.1) is 0 Å². The first-order valence-electron chi connectivity index (χ1n) is 6.61. The number of fused-ring (bicyclic) bond motifs is 1. The third-order valence-corrected chi connectivity index (χ3v) is 3.21. The number of carbonyl (C=O) groups excluding carboxylic acids is 1. The quantitative estimate of drug-likeness (QED) is 0.526. The van der Waals surface area contributed by atoms with Gasteiger partial charge < -0.3 is 9.15 Å². The third kappa shape index (κ3) is 2.87. The smallest absolute Gasteiger partial charge is 0.221 e. The average molecular weight is 278 g/mol. The summed E-state index contributed by atoms with van der Waals surface area (Å²) in [6.45, 7) is 0. The number of allylic oxidation sites excluding steroid dienone is 1. The Hall–Kier alpha value is -2.81. The summed E-state index contributed by atoms with van der Waals surface area (Å²) >= 11 is 0. The van der Waals surface area contributed by atoms with Crippen LogP contribution in [0.1, 0.15) is 16.1 Å². The maximum absolute atomic E-state index is 12.1. The second-order valence-electron chi connectivity index (χ2n) is 4.62. The summed E-state index contributed by atoms with van der Waals surface area (Å²) in [5, 5.41) is 0.929. The highest BCUT2D eigenvalue weighted by molar-refractivity contribution is 6.06. The highest BCUT2D eigenvalue weighted by atomic mass is 16.5. The first-order chi connectivity index (χ1) is 10.3. The van der Waals surface area contributed by atoms with E-state index in [1.54, 1.807) is 19.3 Å². The van der Waals surface area contributed by atoms with E-state index in [4.69, 9.17) is 9.15 Å². The van der Waals surface area contributed by atoms with E-state index < -0.39 is 0 Å². The van der Waals surface area contributed by atoms with Gasteiger partial charge in [0.25, 0.3) is 0 Å². The number of hydrogen-bond acceptors (Lipinski definition) is 3. The first kappa shape index (κ1) is 13.2. The number of furan rings is 1. The van der Waals surface area contributed by atoms with Gasteiger partial charge in [0.2, 0.25) is 5.78 Å². The normalized spacial score (nSPS) is 11.1. The number of benzene rings is 2. The van der Waals surface area contributed by atoms with Gasteiger partial charge in [-0.3, -0.25) is 4.79 Å². The summed E-state index contributed by atoms with van der Waals surface area (Å²) in [5.74, 6) is 0.985. The summed E-state index contributed by atoms with van der Waals surface area (Å²) in [4.78, 5) is 12.1. The van der Waals surface area contributed by atoms with E-state index in [1.165, 1.54) is 6.08 Å². The Labute approximate surface area is 122 Å². The molecule has 0 spiro atoms. The molecule has 0 aliphatic carbocycles. The largest absolute Gasteiger partial charge is 0.497 e. The minimum atomic E-state index is -0.151. The molecule has 1 aromatic heterocycles. The topological polar surface area (TPSA) is 39.4 Å². The van der Waals surface area contributed by atoms with E-state index in [-0.39, 0.29) is 5.78 Å². The number of ketones is 1. The summed E-state index contributed by atoms with van der Waals surface area (Å²) in [7, 11) is 1.62. The van der Waals surface area contributed by atoms with Gasteiger partial charge in [-0.2, -0.15) is 0 Å². The Morgan fingerprint density at radius 2 is 1.86 bits per heavy atom. The number of methoxy groups -OCH3 is 1. The second-order valence-corrected chi connectivity index (χ2v) is 4.62. The Morgan fingerprint density at radius 1 is 1.10 bits per heavy atom. The lowest BCUT2D eigenvalue weighted by molar-refractivity contribution is 0.102. The summed E-state index contributed by atoms with van der Waals surface area (Å²) in [6, 6.07) is 16.8. The van der Waals surface area contributed by atoms with Gasteiger partial charge in [0, 0.05) is 5.39 Å². The predicted molar refractivity (Wildman–Crippen MR) is 82.6 cm³/mol. The van der Waals surface area contributed by atoms with Gasteiger partial charge in [-0.1, -0.05) is 36.4 Å². The maximum Gasteiger partial charge on any atom is 0.221 e. The van der Waals surface area contributed by atoms with Gasteiger partial charge in [-0.05, 0) is 35.9 Å². The van der Waals surface area contributed by atoms with Crippen molar-refractivity contribution in [3.05, 3.63) is 72.0 Å². The van der Waals surface area contributed by atoms with Crippen LogP contribution in [0.4, 0.5) is 0 Å². The van der Waals surface area contributed by atoms with Crippen molar-refractivity contribution >= 4 is 22.8 Å². The zero-order valence-electron chi connectivity index (χ0n) is 11.6. The Kier molecular flexibility index (Phi) is 3.56. The van der Waals surface area contributed by atoms with Crippen molar-refractivity contribution in [3.8, 4) is 5.75 Å². The van der Waals surface area contributed by atoms with Crippen molar-refractivity contribution in [1.82, 2.24) is 0 Å². The molecule has 0 unspecified atom stereocenters. The third-order valence-electron chi connectivity index (χ3n) is 3.21. The molecular weight excluding hydrogens is 264 g/mol. The highest BCUT2D eigenvalue weighted by Crippen LogP contribution is 2.20. The molecule has 1 heterocycles. The van der Waals surface area contributed by atoms with Gasteiger partial charge in [-0.25, -0.2) is 0 Å². The van der Waals surface area contributed by atoms with Crippen molar-refractivity contribution in [2.75, 3.05) is 7.11 Å². The molecule has 0 fully saturated rings. The van der Waals surface area contributed by atoms with Crippen LogP contribution < -0.4 is 4.74 Å². The lowest BCUT2D eigenvalue weighted by Gasteiger charge is -1.98. The van der Waals surface area contributed by atoms with Gasteiger partial charge >= 0.3 is 0 Å². The molecule has 0 bridgehead atoms. The number of ether oxygens (including phenoxy) is 1. The molecule has 3 aromatic rings. The highest BCUT2D eigenvalue weighted by Gasteiger charge is 2.08. The predicted octanol–water partition coefficient (Wildman–Crippen LogP) is 4.34. The molecule has 0 amide bonds. The molecule has 3 rings (SSSR count). The van der Waals surface area contributed by atoms with Gasteiger partial charge in [0.05, 0.1) is 7.11 Å². The average Bonchev–Trinajstić information content (AvgIpc) is 2.97. The fourth-order valence-electron chi connectivity index (χ4n) is 2.07. The molecule has 0 atom stereocenters. The van der Waals surface area contributed by atoms with Crippen molar-refractivity contribution < 1.29 is 13.9 Å². The molecule has 3 nitrogen and oxygen atoms in total. The van der Waals surface area contributed by atoms with Crippen LogP contribution in [0.2, 0.25) is 0 Å². The SMILES string of the molecule is COc1ccc(/C=C/C(=O)c2cc3ccccc3o2)cc1. The van der Waals surface area contributed by atoms with Crippen LogP contribution in [-0.4, -0.2) is 12.9 Å². The second kappa shape index (κ2) is 5.67. The van der Waals surface area contributed by atoms with Gasteiger partial charge in [0.15, 0.2) is 5.76 Å². The summed E-state index contributed by atoms with van der Waals surface area (Å²) < 4.78 is 10.6. The molecular formula is C18H14O3. The van der Waals surface area contributed by atoms with E-state index >= 15 is 0 Å². The number of para-hydroxylation sites is 1. The molecule has 0 radical (unpaired) electrons. The van der Waals surface area contributed by atoms with Crippen LogP contribution >= 0.6 is 0 Å². The zero-order valence-corrected chi connectivity index (χ0v) is 11.6. The Balaban J connectivity index is 1.79. The molecule has 104 valence electrons. The summed E-state index contributed by atoms with van der Waals surface area (Å²) in [6.07, 6.45) is 3.27. The Bertz CT molecular complexity index is 762. The van der Waals surface area contributed by atoms with Crippen molar-refractivity contribution in [1.29, 1.82) is 0 Å². The molecule has 21 heavy (non-hydrogen) atoms. The molecule has 0 aliphatic heterocycles. The fourth-order valence-corrected chi connectivity index (χ4v) is 2.07. The van der Waals surface area contributed by atoms with Gasteiger partial charge in [-0.15, -0.1) is 0 Å². The monoisotopic (exact) mass is 278 g/mol. The number of rotatable bonds is 4. The maximum atomic E-state index is 12.1. The van der Waals surface area contributed by atoms with Crippen molar-refractivity contribution in [2.45, 2.75) is 0 Å². The van der Waals surface area contributed by atoms with Crippen LogP contribution in [0.3, 0.4) is 0 Å². The summed E-state index contributed by atoms with van der Waals surface area (Å²) in [5.41, 5.74) is 1.65. The van der Waals surface area contributed by atoms with Crippen molar-refractivity contribution in [3.63, 3.8) is 0 Å². The van der Waals surface area contributed by atoms with Gasteiger partial charge in [0.1, 0.15) is 11.3 Å². The zero-order chi connectivity index (χ0) is 14.7. The molecule has 3 heteroatoms. The van der Waals surface area contributed by atoms with Crippen molar-refractivity contribution in [2.24, 2.45) is 0 Å². The minimum Gasteiger partial charge on any atom is -0.497 e. The molecule has 0 N–H and O–H groups in total. The van der Waals surface area contributed by atoms with E-state index in [0.717, 1.165) is 22.3 Å². The van der Waals surface area contributed by atoms with Crippen LogP contribution in [-0.2, 0) is 0 Å². The minimum absolute atomic E-state index is 0.151. The molecule has 2 aromatic carbocycles. The Morgan fingerprint density at radius 3 is 2.57 bits per heavy atom. The lowest BCUT2D eigenvalue weighted by atomic mass is 10.1. The molecule has 0 saturated carbocycles. The van der Waals surface area contributed by atoms with E-state index in [2.05, 4.69) is 0 Å². The van der Waals surface area contributed by atoms with E-state index in [1.807, 2.05) is 48.5 Å². The standard InChI is InChI=1S/C18H14O3/c1-20-15-9-6-13(7-10-15)8-11-16(19)18-12-14-4-2-3-5-17(14)21-18/h2-12H,1H3/b11-8+. The van der Waals surface area contributed by atoms with E-state index in [9.17, 15) is 4.79 Å². The molecule has 0 aliphatic rings. The van der Waals surface area contributed by atoms with Crippen LogP contribution in [0.25, 0.3) is 17.0 Å². The first-order valence-corrected chi connectivity index (χ1v) is 6.61. The lowest BCUT2D eigenvalue weighted by Crippen LogP contribution is -1.90. The number of carbonyl (C=O) groups is 1. The van der Waals surface area contributed by atoms with Crippen LogP contribution in [0.5, 0.6) is 5.75 Å². The molecule has 0 saturated heterocycles. The fraction of sp³-hybridized carbons (Fsp3) is 0.0556. The number of hydrogen-bond donors (Lipinski definition) is 0. The van der Waals surface area contributed by atoms with Crippen LogP contribution in [0.15, 0.2) is 65.1 Å². The van der Waals surface area contributed by atoms with E-state index in [0.29, 0.717) is 5.76 Å².